The molecule has 1 aliphatic rings. The zero-order valence-corrected chi connectivity index (χ0v) is 8.59. The molecule has 1 saturated heterocycles. The second kappa shape index (κ2) is 5.67. The molecule has 1 fully saturated rings. The van der Waals surface area contributed by atoms with Crippen LogP contribution >= 0.6 is 0 Å². The minimum absolute atomic E-state index is 0.0835. The van der Waals surface area contributed by atoms with E-state index >= 15 is 0 Å². The molecule has 0 saturated carbocycles. The first-order chi connectivity index (χ1) is 7.05. The molecule has 0 spiro atoms. The SMILES string of the molecule is NCCOCC1CCCCN1C(F)(F)F. The van der Waals surface area contributed by atoms with Gasteiger partial charge in [-0.05, 0) is 12.8 Å². The first-order valence-corrected chi connectivity index (χ1v) is 5.17. The van der Waals surface area contributed by atoms with E-state index in [0.29, 0.717) is 30.9 Å². The third-order valence-corrected chi connectivity index (χ3v) is 2.53. The van der Waals surface area contributed by atoms with E-state index in [9.17, 15) is 13.2 Å². The van der Waals surface area contributed by atoms with Crippen molar-refractivity contribution in [3.05, 3.63) is 0 Å². The summed E-state index contributed by atoms with van der Waals surface area (Å²) in [5, 5.41) is 0. The van der Waals surface area contributed by atoms with E-state index in [1.807, 2.05) is 0 Å². The van der Waals surface area contributed by atoms with Crippen molar-refractivity contribution in [3.8, 4) is 0 Å². The molecule has 0 aromatic rings. The highest BCUT2D eigenvalue weighted by atomic mass is 19.4. The van der Waals surface area contributed by atoms with E-state index in [2.05, 4.69) is 0 Å². The van der Waals surface area contributed by atoms with Crippen LogP contribution in [0.2, 0.25) is 0 Å². The van der Waals surface area contributed by atoms with Gasteiger partial charge in [-0.2, -0.15) is 13.2 Å². The van der Waals surface area contributed by atoms with Crippen molar-refractivity contribution in [2.24, 2.45) is 5.73 Å². The maximum Gasteiger partial charge on any atom is 0.460 e. The quantitative estimate of drug-likeness (QED) is 0.580. The topological polar surface area (TPSA) is 38.5 Å². The molecule has 0 amide bonds. The largest absolute Gasteiger partial charge is 0.460 e. The van der Waals surface area contributed by atoms with Crippen molar-refractivity contribution in [2.45, 2.75) is 31.6 Å². The summed E-state index contributed by atoms with van der Waals surface area (Å²) >= 11 is 0. The van der Waals surface area contributed by atoms with E-state index in [-0.39, 0.29) is 13.2 Å². The fourth-order valence-corrected chi connectivity index (χ4v) is 1.81. The lowest BCUT2D eigenvalue weighted by Crippen LogP contribution is -2.50. The first-order valence-electron chi connectivity index (χ1n) is 5.17. The maximum atomic E-state index is 12.5. The fraction of sp³-hybridized carbons (Fsp3) is 1.00. The zero-order valence-electron chi connectivity index (χ0n) is 8.59. The van der Waals surface area contributed by atoms with Crippen LogP contribution in [0.4, 0.5) is 13.2 Å². The monoisotopic (exact) mass is 226 g/mol. The van der Waals surface area contributed by atoms with Gasteiger partial charge in [-0.1, -0.05) is 6.42 Å². The van der Waals surface area contributed by atoms with E-state index < -0.39 is 12.3 Å². The molecule has 0 radical (unpaired) electrons. The molecule has 0 bridgehead atoms. The third-order valence-electron chi connectivity index (χ3n) is 2.53. The normalized spacial score (nSPS) is 24.4. The Bertz CT molecular complexity index is 187. The van der Waals surface area contributed by atoms with Crippen LogP contribution in [0.15, 0.2) is 0 Å². The van der Waals surface area contributed by atoms with Crippen LogP contribution < -0.4 is 5.73 Å². The summed E-state index contributed by atoms with van der Waals surface area (Å²) in [7, 11) is 0. The molecular formula is C9H17F3N2O. The van der Waals surface area contributed by atoms with Crippen LogP contribution in [0.1, 0.15) is 19.3 Å². The molecule has 0 aromatic heterocycles. The van der Waals surface area contributed by atoms with Crippen LogP contribution in [-0.2, 0) is 4.74 Å². The van der Waals surface area contributed by atoms with Gasteiger partial charge in [-0.15, -0.1) is 0 Å². The number of likely N-dealkylation sites (tertiary alicyclic amines) is 1. The van der Waals surface area contributed by atoms with Crippen LogP contribution in [0, 0.1) is 0 Å². The number of rotatable bonds is 4. The van der Waals surface area contributed by atoms with Gasteiger partial charge in [0.15, 0.2) is 0 Å². The molecule has 1 rings (SSSR count). The van der Waals surface area contributed by atoms with E-state index in [1.165, 1.54) is 0 Å². The third kappa shape index (κ3) is 3.96. The summed E-state index contributed by atoms with van der Waals surface area (Å²) in [4.78, 5) is 0.576. The molecule has 3 nitrogen and oxygen atoms in total. The number of piperidine rings is 1. The molecule has 2 N–H and O–H groups in total. The Morgan fingerprint density at radius 2 is 2.07 bits per heavy atom. The number of hydrogen-bond donors (Lipinski definition) is 1. The van der Waals surface area contributed by atoms with Crippen molar-refractivity contribution in [3.63, 3.8) is 0 Å². The highest BCUT2D eigenvalue weighted by molar-refractivity contribution is 4.78. The van der Waals surface area contributed by atoms with E-state index in [4.69, 9.17) is 10.5 Å². The molecule has 90 valence electrons. The average molecular weight is 226 g/mol. The average Bonchev–Trinajstić information content (AvgIpc) is 2.17. The number of ether oxygens (including phenoxy) is 1. The Morgan fingerprint density at radius 1 is 1.33 bits per heavy atom. The van der Waals surface area contributed by atoms with Gasteiger partial charge in [0.2, 0.25) is 0 Å². The number of nitrogens with zero attached hydrogens (tertiary/aromatic N) is 1. The molecule has 0 aromatic carbocycles. The molecule has 0 aliphatic carbocycles. The van der Waals surface area contributed by atoms with Gasteiger partial charge in [0.1, 0.15) is 0 Å². The molecule has 1 heterocycles. The van der Waals surface area contributed by atoms with Gasteiger partial charge in [0.25, 0.3) is 0 Å². The Balaban J connectivity index is 2.43. The lowest BCUT2D eigenvalue weighted by atomic mass is 10.0. The predicted molar refractivity (Wildman–Crippen MR) is 50.3 cm³/mol. The Morgan fingerprint density at radius 3 is 2.67 bits per heavy atom. The van der Waals surface area contributed by atoms with Crippen LogP contribution in [0.5, 0.6) is 0 Å². The summed E-state index contributed by atoms with van der Waals surface area (Å²) < 4.78 is 42.7. The molecular weight excluding hydrogens is 209 g/mol. The first kappa shape index (κ1) is 12.7. The predicted octanol–water partition coefficient (Wildman–Crippen LogP) is 1.34. The second-order valence-electron chi connectivity index (χ2n) is 3.67. The lowest BCUT2D eigenvalue weighted by Gasteiger charge is -2.36. The molecule has 1 atom stereocenters. The van der Waals surface area contributed by atoms with Gasteiger partial charge in [0, 0.05) is 19.1 Å². The second-order valence-corrected chi connectivity index (χ2v) is 3.67. The highest BCUT2D eigenvalue weighted by Crippen LogP contribution is 2.29. The van der Waals surface area contributed by atoms with Crippen molar-refractivity contribution in [1.29, 1.82) is 0 Å². The Labute approximate surface area is 87.4 Å². The maximum absolute atomic E-state index is 12.5. The Hall–Kier alpha value is -0.330. The minimum Gasteiger partial charge on any atom is -0.379 e. The van der Waals surface area contributed by atoms with Crippen molar-refractivity contribution >= 4 is 0 Å². The van der Waals surface area contributed by atoms with E-state index in [1.54, 1.807) is 0 Å². The van der Waals surface area contributed by atoms with Crippen LogP contribution in [-0.4, -0.2) is 43.5 Å². The van der Waals surface area contributed by atoms with Gasteiger partial charge in [-0.3, -0.25) is 0 Å². The summed E-state index contributed by atoms with van der Waals surface area (Å²) in [5.74, 6) is 0. The highest BCUT2D eigenvalue weighted by Gasteiger charge is 2.42. The summed E-state index contributed by atoms with van der Waals surface area (Å²) in [5.41, 5.74) is 5.20. The molecule has 1 aliphatic heterocycles. The molecule has 6 heteroatoms. The standard InChI is InChI=1S/C9H17F3N2O/c10-9(11,12)14-5-2-1-3-8(14)7-15-6-4-13/h8H,1-7,13H2. The zero-order chi connectivity index (χ0) is 11.3. The van der Waals surface area contributed by atoms with Crippen LogP contribution in [0.25, 0.3) is 0 Å². The van der Waals surface area contributed by atoms with E-state index in [0.717, 1.165) is 6.42 Å². The fourth-order valence-electron chi connectivity index (χ4n) is 1.81. The van der Waals surface area contributed by atoms with Crippen LogP contribution in [0.3, 0.4) is 0 Å². The minimum atomic E-state index is -4.24. The van der Waals surface area contributed by atoms with Crippen molar-refractivity contribution in [2.75, 3.05) is 26.3 Å². The summed E-state index contributed by atoms with van der Waals surface area (Å²) in [6.07, 6.45) is -2.25. The number of nitrogens with two attached hydrogens (primary N) is 1. The van der Waals surface area contributed by atoms with Crippen molar-refractivity contribution < 1.29 is 17.9 Å². The molecule has 15 heavy (non-hydrogen) atoms. The number of halogens is 3. The molecule has 1 unspecified atom stereocenters. The summed E-state index contributed by atoms with van der Waals surface area (Å²) in [6, 6.07) is -0.537. The smallest absolute Gasteiger partial charge is 0.379 e. The lowest BCUT2D eigenvalue weighted by molar-refractivity contribution is -0.267. The van der Waals surface area contributed by atoms with Gasteiger partial charge in [-0.25, -0.2) is 4.90 Å². The van der Waals surface area contributed by atoms with Gasteiger partial charge < -0.3 is 10.5 Å². The Kier molecular flexibility index (Phi) is 4.82. The number of alkyl halides is 3. The van der Waals surface area contributed by atoms with Crippen molar-refractivity contribution in [1.82, 2.24) is 4.90 Å². The van der Waals surface area contributed by atoms with Gasteiger partial charge in [0.05, 0.1) is 13.2 Å². The summed E-state index contributed by atoms with van der Waals surface area (Å²) in [6.45, 7) is 0.873. The van der Waals surface area contributed by atoms with Gasteiger partial charge >= 0.3 is 6.30 Å². The number of hydrogen-bond acceptors (Lipinski definition) is 3.